The second-order valence-electron chi connectivity index (χ2n) is 5.23. The first-order valence-corrected chi connectivity index (χ1v) is 7.34. The number of esters is 1. The zero-order chi connectivity index (χ0) is 17.8. The number of carbonyl (C=O) groups is 1. The molecule has 0 aliphatic rings. The summed E-state index contributed by atoms with van der Waals surface area (Å²) in [4.78, 5) is 12.0. The molecule has 0 fully saturated rings. The molecule has 25 heavy (non-hydrogen) atoms. The van der Waals surface area contributed by atoms with Gasteiger partial charge in [0.1, 0.15) is 17.4 Å². The van der Waals surface area contributed by atoms with E-state index in [1.54, 1.807) is 36.4 Å². The van der Waals surface area contributed by atoms with Crippen LogP contribution in [-0.4, -0.2) is 5.97 Å². The van der Waals surface area contributed by atoms with Gasteiger partial charge in [0.25, 0.3) is 0 Å². The largest absolute Gasteiger partial charge is 0.423 e. The van der Waals surface area contributed by atoms with E-state index in [9.17, 15) is 13.6 Å². The van der Waals surface area contributed by atoms with Crippen LogP contribution in [-0.2, 0) is 0 Å². The van der Waals surface area contributed by atoms with Gasteiger partial charge in [-0.2, -0.15) is 5.26 Å². The maximum absolute atomic E-state index is 13.6. The molecule has 0 saturated carbocycles. The summed E-state index contributed by atoms with van der Waals surface area (Å²) in [7, 11) is 0. The molecule has 0 radical (unpaired) electrons. The van der Waals surface area contributed by atoms with Crippen LogP contribution >= 0.6 is 0 Å². The quantitative estimate of drug-likeness (QED) is 0.514. The zero-order valence-electron chi connectivity index (χ0n) is 12.9. The number of ether oxygens (including phenoxy) is 1. The standard InChI is InChI=1S/C20H11F2NO2/c21-16-7-10-18(19(22)11-16)20(24)25-17-8-5-15(6-9-17)14-3-1-13(12-23)2-4-14/h1-11H. The summed E-state index contributed by atoms with van der Waals surface area (Å²) in [5, 5.41) is 8.80. The third-order valence-corrected chi connectivity index (χ3v) is 3.56. The Balaban J connectivity index is 1.76. The van der Waals surface area contributed by atoms with Gasteiger partial charge < -0.3 is 4.74 Å². The molecule has 122 valence electrons. The lowest BCUT2D eigenvalue weighted by Crippen LogP contribution is -2.10. The average molecular weight is 335 g/mol. The van der Waals surface area contributed by atoms with E-state index in [1.165, 1.54) is 0 Å². The van der Waals surface area contributed by atoms with E-state index in [0.717, 1.165) is 23.3 Å². The number of carbonyl (C=O) groups excluding carboxylic acids is 1. The first kappa shape index (κ1) is 16.3. The third-order valence-electron chi connectivity index (χ3n) is 3.56. The highest BCUT2D eigenvalue weighted by molar-refractivity contribution is 5.91. The first-order valence-electron chi connectivity index (χ1n) is 7.34. The van der Waals surface area contributed by atoms with Crippen molar-refractivity contribution in [2.24, 2.45) is 0 Å². The number of hydrogen-bond donors (Lipinski definition) is 0. The minimum atomic E-state index is -0.973. The van der Waals surface area contributed by atoms with Crippen molar-refractivity contribution in [2.45, 2.75) is 0 Å². The van der Waals surface area contributed by atoms with Crippen LogP contribution in [0, 0.1) is 23.0 Å². The van der Waals surface area contributed by atoms with Crippen molar-refractivity contribution in [2.75, 3.05) is 0 Å². The fourth-order valence-electron chi connectivity index (χ4n) is 2.27. The molecule has 0 amide bonds. The third kappa shape index (κ3) is 3.70. The molecule has 3 aromatic rings. The predicted molar refractivity (Wildman–Crippen MR) is 87.9 cm³/mol. The topological polar surface area (TPSA) is 50.1 Å². The molecule has 3 rings (SSSR count). The molecule has 0 saturated heterocycles. The summed E-state index contributed by atoms with van der Waals surface area (Å²) in [5.41, 5.74) is 2.01. The zero-order valence-corrected chi connectivity index (χ0v) is 12.9. The molecule has 0 aliphatic carbocycles. The van der Waals surface area contributed by atoms with Crippen LogP contribution in [0.2, 0.25) is 0 Å². The highest BCUT2D eigenvalue weighted by atomic mass is 19.1. The van der Waals surface area contributed by atoms with Gasteiger partial charge in [0, 0.05) is 6.07 Å². The molecule has 0 unspecified atom stereocenters. The number of hydrogen-bond acceptors (Lipinski definition) is 3. The number of halogens is 2. The number of nitriles is 1. The van der Waals surface area contributed by atoms with E-state index in [-0.39, 0.29) is 11.3 Å². The van der Waals surface area contributed by atoms with Crippen LogP contribution in [0.4, 0.5) is 8.78 Å². The number of benzene rings is 3. The Morgan fingerprint density at radius 2 is 1.48 bits per heavy atom. The van der Waals surface area contributed by atoms with Crippen LogP contribution in [0.15, 0.2) is 66.7 Å². The maximum Gasteiger partial charge on any atom is 0.346 e. The second-order valence-corrected chi connectivity index (χ2v) is 5.23. The Bertz CT molecular complexity index is 958. The Kier molecular flexibility index (Phi) is 4.53. The van der Waals surface area contributed by atoms with Crippen LogP contribution in [0.25, 0.3) is 11.1 Å². The first-order chi connectivity index (χ1) is 12.1. The van der Waals surface area contributed by atoms with Gasteiger partial charge in [0.2, 0.25) is 0 Å². The highest BCUT2D eigenvalue weighted by Gasteiger charge is 2.14. The van der Waals surface area contributed by atoms with Crippen molar-refractivity contribution in [1.29, 1.82) is 5.26 Å². The lowest BCUT2D eigenvalue weighted by Gasteiger charge is -2.07. The van der Waals surface area contributed by atoms with Crippen LogP contribution in [0.1, 0.15) is 15.9 Å². The molecule has 3 aromatic carbocycles. The van der Waals surface area contributed by atoms with E-state index in [0.29, 0.717) is 11.6 Å². The molecular weight excluding hydrogens is 324 g/mol. The molecule has 3 nitrogen and oxygen atoms in total. The molecule has 0 bridgehead atoms. The lowest BCUT2D eigenvalue weighted by molar-refractivity contribution is 0.0730. The molecule has 0 spiro atoms. The second kappa shape index (κ2) is 6.93. The van der Waals surface area contributed by atoms with E-state index in [1.807, 2.05) is 18.2 Å². The SMILES string of the molecule is N#Cc1ccc(-c2ccc(OC(=O)c3ccc(F)cc3F)cc2)cc1. The van der Waals surface area contributed by atoms with Gasteiger partial charge in [-0.25, -0.2) is 13.6 Å². The minimum Gasteiger partial charge on any atom is -0.423 e. The molecule has 0 atom stereocenters. The van der Waals surface area contributed by atoms with Gasteiger partial charge in [-0.15, -0.1) is 0 Å². The summed E-state index contributed by atoms with van der Waals surface area (Å²) >= 11 is 0. The van der Waals surface area contributed by atoms with E-state index >= 15 is 0 Å². The summed E-state index contributed by atoms with van der Waals surface area (Å²) < 4.78 is 31.6. The average Bonchev–Trinajstić information content (AvgIpc) is 2.62. The van der Waals surface area contributed by atoms with Gasteiger partial charge in [-0.3, -0.25) is 0 Å². The monoisotopic (exact) mass is 335 g/mol. The highest BCUT2D eigenvalue weighted by Crippen LogP contribution is 2.23. The van der Waals surface area contributed by atoms with E-state index < -0.39 is 17.6 Å². The minimum absolute atomic E-state index is 0.242. The number of nitrogens with zero attached hydrogens (tertiary/aromatic N) is 1. The summed E-state index contributed by atoms with van der Waals surface area (Å²) in [6.45, 7) is 0. The maximum atomic E-state index is 13.6. The Morgan fingerprint density at radius 3 is 2.04 bits per heavy atom. The van der Waals surface area contributed by atoms with Crippen molar-refractivity contribution in [3.63, 3.8) is 0 Å². The fourth-order valence-corrected chi connectivity index (χ4v) is 2.27. The predicted octanol–water partition coefficient (Wildman–Crippen LogP) is 4.72. The molecule has 0 N–H and O–H groups in total. The summed E-state index contributed by atoms with van der Waals surface area (Å²) in [6, 6.07) is 18.4. The van der Waals surface area contributed by atoms with E-state index in [2.05, 4.69) is 0 Å². The van der Waals surface area contributed by atoms with Gasteiger partial charge in [0.05, 0.1) is 17.2 Å². The lowest BCUT2D eigenvalue weighted by atomic mass is 10.0. The molecule has 0 heterocycles. The Labute approximate surface area is 142 Å². The Hall–Kier alpha value is -3.52. The van der Waals surface area contributed by atoms with Crippen molar-refractivity contribution in [1.82, 2.24) is 0 Å². The van der Waals surface area contributed by atoms with Crippen LogP contribution in [0.3, 0.4) is 0 Å². The molecule has 0 aliphatic heterocycles. The summed E-state index contributed by atoms with van der Waals surface area (Å²) in [6.07, 6.45) is 0. The fraction of sp³-hybridized carbons (Fsp3) is 0. The molecular formula is C20H11F2NO2. The van der Waals surface area contributed by atoms with Gasteiger partial charge in [0.15, 0.2) is 0 Å². The molecule has 0 aromatic heterocycles. The van der Waals surface area contributed by atoms with Crippen molar-refractivity contribution in [3.05, 3.63) is 89.5 Å². The Morgan fingerprint density at radius 1 is 0.880 bits per heavy atom. The van der Waals surface area contributed by atoms with Crippen molar-refractivity contribution < 1.29 is 18.3 Å². The van der Waals surface area contributed by atoms with Crippen molar-refractivity contribution in [3.8, 4) is 22.9 Å². The van der Waals surface area contributed by atoms with Crippen molar-refractivity contribution >= 4 is 5.97 Å². The van der Waals surface area contributed by atoms with E-state index in [4.69, 9.17) is 10.00 Å². The van der Waals surface area contributed by atoms with Crippen LogP contribution < -0.4 is 4.74 Å². The summed E-state index contributed by atoms with van der Waals surface area (Å²) in [5.74, 6) is -2.39. The molecule has 5 heteroatoms. The van der Waals surface area contributed by atoms with Gasteiger partial charge in [-0.1, -0.05) is 24.3 Å². The normalized spacial score (nSPS) is 10.1. The van der Waals surface area contributed by atoms with Crippen LogP contribution in [0.5, 0.6) is 5.75 Å². The van der Waals surface area contributed by atoms with Gasteiger partial charge >= 0.3 is 5.97 Å². The smallest absolute Gasteiger partial charge is 0.346 e. The number of rotatable bonds is 3. The van der Waals surface area contributed by atoms with Gasteiger partial charge in [-0.05, 0) is 47.5 Å².